The maximum absolute atomic E-state index is 13.8. The molecule has 0 atom stereocenters. The number of fused-ring (bicyclic) bond motifs is 1. The molecule has 0 saturated heterocycles. The van der Waals surface area contributed by atoms with Crippen molar-refractivity contribution in [2.75, 3.05) is 0 Å². The Bertz CT molecular complexity index is 1170. The Kier molecular flexibility index (Phi) is 4.53. The van der Waals surface area contributed by atoms with Crippen molar-refractivity contribution in [1.29, 1.82) is 0 Å². The van der Waals surface area contributed by atoms with Crippen LogP contribution in [0.4, 0.5) is 8.78 Å². The Morgan fingerprint density at radius 1 is 1.12 bits per heavy atom. The molecule has 0 fully saturated rings. The Balaban J connectivity index is 2.14. The van der Waals surface area contributed by atoms with E-state index in [0.29, 0.717) is 29.0 Å². The van der Waals surface area contributed by atoms with Gasteiger partial charge in [0.15, 0.2) is 0 Å². The van der Waals surface area contributed by atoms with Gasteiger partial charge in [0.05, 0.1) is 0 Å². The van der Waals surface area contributed by atoms with Crippen molar-refractivity contribution in [2.45, 2.75) is 25.2 Å². The van der Waals surface area contributed by atoms with E-state index in [1.54, 1.807) is 19.9 Å². The summed E-state index contributed by atoms with van der Waals surface area (Å²) in [5, 5.41) is 0.638. The minimum atomic E-state index is -4.54. The van der Waals surface area contributed by atoms with Crippen LogP contribution in [0.2, 0.25) is 0 Å². The highest BCUT2D eigenvalue weighted by Gasteiger charge is 2.23. The third-order valence-corrected chi connectivity index (χ3v) is 5.14. The molecule has 0 aliphatic carbocycles. The molecule has 0 unspecified atom stereocenters. The average molecular weight is 380 g/mol. The van der Waals surface area contributed by atoms with Crippen LogP contribution >= 0.6 is 0 Å². The van der Waals surface area contributed by atoms with Gasteiger partial charge in [-0.05, 0) is 42.7 Å². The lowest BCUT2D eigenvalue weighted by Gasteiger charge is -2.12. The average Bonchev–Trinajstić information content (AvgIpc) is 2.53. The minimum absolute atomic E-state index is 0.0857. The van der Waals surface area contributed by atoms with Crippen LogP contribution in [0.5, 0.6) is 5.75 Å². The van der Waals surface area contributed by atoms with E-state index < -0.39 is 32.3 Å². The van der Waals surface area contributed by atoms with Crippen LogP contribution in [0.3, 0.4) is 0 Å². The molecule has 2 aromatic carbocycles. The lowest BCUT2D eigenvalue weighted by molar-refractivity contribution is 0.471. The van der Waals surface area contributed by atoms with Gasteiger partial charge in [0, 0.05) is 23.6 Å². The molecule has 1 heterocycles. The number of hydrogen-bond donors (Lipinski definition) is 0. The zero-order chi connectivity index (χ0) is 19.1. The van der Waals surface area contributed by atoms with Crippen LogP contribution in [0.1, 0.15) is 18.1 Å². The Labute approximate surface area is 148 Å². The van der Waals surface area contributed by atoms with E-state index in [1.807, 2.05) is 0 Å². The van der Waals surface area contributed by atoms with Gasteiger partial charge in [0.2, 0.25) is 0 Å². The molecule has 0 saturated carbocycles. The van der Waals surface area contributed by atoms with E-state index in [4.69, 9.17) is 8.60 Å². The van der Waals surface area contributed by atoms with Crippen LogP contribution in [0, 0.1) is 18.6 Å². The predicted molar refractivity (Wildman–Crippen MR) is 90.8 cm³/mol. The minimum Gasteiger partial charge on any atom is -0.423 e. The van der Waals surface area contributed by atoms with Crippen LogP contribution in [0.25, 0.3) is 11.0 Å². The molecule has 0 aliphatic heterocycles. The summed E-state index contributed by atoms with van der Waals surface area (Å²) in [6.45, 7) is 3.51. The van der Waals surface area contributed by atoms with E-state index in [9.17, 15) is 22.0 Å². The molecule has 5 nitrogen and oxygen atoms in total. The molecule has 3 aromatic rings. The van der Waals surface area contributed by atoms with Gasteiger partial charge in [-0.25, -0.2) is 13.6 Å². The smallest absolute Gasteiger partial charge is 0.342 e. The van der Waals surface area contributed by atoms with Crippen LogP contribution in [-0.2, 0) is 16.5 Å². The summed E-state index contributed by atoms with van der Waals surface area (Å²) in [6, 6.07) is 6.33. The van der Waals surface area contributed by atoms with Gasteiger partial charge in [0.1, 0.15) is 27.9 Å². The molecule has 26 heavy (non-hydrogen) atoms. The van der Waals surface area contributed by atoms with E-state index in [2.05, 4.69) is 0 Å². The summed E-state index contributed by atoms with van der Waals surface area (Å²) < 4.78 is 61.8. The van der Waals surface area contributed by atoms with Crippen molar-refractivity contribution in [2.24, 2.45) is 0 Å². The molecule has 0 N–H and O–H groups in total. The molecule has 0 amide bonds. The lowest BCUT2D eigenvalue weighted by Crippen LogP contribution is -2.13. The molecule has 3 rings (SSSR count). The normalized spacial score (nSPS) is 11.7. The van der Waals surface area contributed by atoms with Crippen molar-refractivity contribution in [1.82, 2.24) is 0 Å². The van der Waals surface area contributed by atoms with E-state index >= 15 is 0 Å². The number of benzene rings is 2. The van der Waals surface area contributed by atoms with Gasteiger partial charge < -0.3 is 8.60 Å². The first-order chi connectivity index (χ1) is 12.2. The highest BCUT2D eigenvalue weighted by atomic mass is 32.2. The number of halogens is 2. The van der Waals surface area contributed by atoms with Gasteiger partial charge in [-0.15, -0.1) is 0 Å². The first kappa shape index (κ1) is 18.1. The maximum atomic E-state index is 13.8. The molecule has 0 bridgehead atoms. The SMILES string of the molecule is CCc1cc2c(C)cc(=O)oc2cc1OS(=O)(=O)c1ccc(F)cc1F. The largest absolute Gasteiger partial charge is 0.423 e. The van der Waals surface area contributed by atoms with Gasteiger partial charge in [-0.3, -0.25) is 0 Å². The second-order valence-corrected chi connectivity index (χ2v) is 7.19. The van der Waals surface area contributed by atoms with Crippen molar-refractivity contribution < 1.29 is 25.8 Å². The maximum Gasteiger partial charge on any atom is 0.342 e. The molecular formula is C18H14F2O5S. The third kappa shape index (κ3) is 3.32. The molecule has 136 valence electrons. The van der Waals surface area contributed by atoms with E-state index in [-0.39, 0.29) is 11.3 Å². The van der Waals surface area contributed by atoms with Crippen molar-refractivity contribution in [3.05, 3.63) is 69.6 Å². The molecule has 0 aliphatic rings. The molecule has 8 heteroatoms. The fraction of sp³-hybridized carbons (Fsp3) is 0.167. The van der Waals surface area contributed by atoms with Crippen molar-refractivity contribution in [3.8, 4) is 5.75 Å². The fourth-order valence-electron chi connectivity index (χ4n) is 2.59. The first-order valence-corrected chi connectivity index (χ1v) is 9.09. The van der Waals surface area contributed by atoms with E-state index in [0.717, 1.165) is 12.1 Å². The highest BCUT2D eigenvalue weighted by molar-refractivity contribution is 7.87. The van der Waals surface area contributed by atoms with Gasteiger partial charge in [-0.2, -0.15) is 8.42 Å². The summed E-state index contributed by atoms with van der Waals surface area (Å²) in [5.74, 6) is -2.25. The molecule has 1 aromatic heterocycles. The first-order valence-electron chi connectivity index (χ1n) is 7.68. The zero-order valence-corrected chi connectivity index (χ0v) is 14.7. The van der Waals surface area contributed by atoms with Crippen molar-refractivity contribution >= 4 is 21.1 Å². The monoisotopic (exact) mass is 380 g/mol. The Hall–Kier alpha value is -2.74. The van der Waals surface area contributed by atoms with Gasteiger partial charge in [0.25, 0.3) is 0 Å². The van der Waals surface area contributed by atoms with Gasteiger partial charge >= 0.3 is 15.7 Å². The Morgan fingerprint density at radius 3 is 2.50 bits per heavy atom. The molecule has 0 radical (unpaired) electrons. The highest BCUT2D eigenvalue weighted by Crippen LogP contribution is 2.30. The van der Waals surface area contributed by atoms with Crippen LogP contribution in [-0.4, -0.2) is 8.42 Å². The molecular weight excluding hydrogens is 366 g/mol. The second-order valence-electron chi connectivity index (χ2n) is 5.67. The van der Waals surface area contributed by atoms with Crippen molar-refractivity contribution in [3.63, 3.8) is 0 Å². The number of aryl methyl sites for hydroxylation is 2. The second kappa shape index (κ2) is 6.53. The number of rotatable bonds is 4. The quantitative estimate of drug-likeness (QED) is 0.510. The lowest BCUT2D eigenvalue weighted by atomic mass is 10.1. The summed E-state index contributed by atoms with van der Waals surface area (Å²) in [5.41, 5.74) is 0.764. The van der Waals surface area contributed by atoms with E-state index in [1.165, 1.54) is 12.1 Å². The van der Waals surface area contributed by atoms with Crippen LogP contribution < -0.4 is 9.81 Å². The third-order valence-electron chi connectivity index (χ3n) is 3.88. The zero-order valence-electron chi connectivity index (χ0n) is 13.9. The summed E-state index contributed by atoms with van der Waals surface area (Å²) >= 11 is 0. The van der Waals surface area contributed by atoms with Crippen LogP contribution in [0.15, 0.2) is 50.5 Å². The molecule has 0 spiro atoms. The number of hydrogen-bond acceptors (Lipinski definition) is 5. The summed E-state index contributed by atoms with van der Waals surface area (Å²) in [4.78, 5) is 10.8. The Morgan fingerprint density at radius 2 is 1.85 bits per heavy atom. The summed E-state index contributed by atoms with van der Waals surface area (Å²) in [6.07, 6.45) is 0.422. The van der Waals surface area contributed by atoms with Gasteiger partial charge in [-0.1, -0.05) is 6.92 Å². The fourth-order valence-corrected chi connectivity index (χ4v) is 3.60. The topological polar surface area (TPSA) is 73.6 Å². The standard InChI is InChI=1S/C18H14F2O5S/c1-3-11-7-13-10(2)6-18(21)24-16(13)9-15(11)25-26(22,23)17-5-4-12(19)8-14(17)20/h4-9H,3H2,1-2H3. The predicted octanol–water partition coefficient (Wildman–Crippen LogP) is 3.71. The summed E-state index contributed by atoms with van der Waals surface area (Å²) in [7, 11) is -4.54.